The maximum Gasteiger partial charge on any atom is 0.338 e. The number of sulfonamides is 1. The Bertz CT molecular complexity index is 1200. The van der Waals surface area contributed by atoms with Gasteiger partial charge in [-0.05, 0) is 61.0 Å². The van der Waals surface area contributed by atoms with Crippen LogP contribution < -0.4 is 14.8 Å². The van der Waals surface area contributed by atoms with Crippen LogP contribution in [0.3, 0.4) is 0 Å². The van der Waals surface area contributed by atoms with Crippen molar-refractivity contribution in [3.8, 4) is 5.75 Å². The van der Waals surface area contributed by atoms with Crippen LogP contribution in [-0.2, 0) is 19.6 Å². The number of hydrogen-bond donors (Lipinski definition) is 2. The summed E-state index contributed by atoms with van der Waals surface area (Å²) in [5.74, 6) is -0.497. The molecule has 9 heteroatoms. The SMILES string of the molecule is Cc1cccc(OCCNC(=O)COC(=O)c2ccc(S(=O)(=O)Nc3ccccc3)cc2)c1. The van der Waals surface area contributed by atoms with Crippen molar-refractivity contribution < 1.29 is 27.5 Å². The molecule has 0 heterocycles. The highest BCUT2D eigenvalue weighted by Gasteiger charge is 2.16. The molecule has 0 bridgehead atoms. The summed E-state index contributed by atoms with van der Waals surface area (Å²) < 4.78 is 37.8. The number of carbonyl (C=O) groups excluding carboxylic acids is 2. The number of esters is 1. The molecule has 0 saturated carbocycles. The van der Waals surface area contributed by atoms with Gasteiger partial charge in [0.1, 0.15) is 12.4 Å². The van der Waals surface area contributed by atoms with Crippen molar-refractivity contribution in [2.45, 2.75) is 11.8 Å². The molecular weight excluding hydrogens is 444 g/mol. The van der Waals surface area contributed by atoms with E-state index in [1.807, 2.05) is 31.2 Å². The number of ether oxygens (including phenoxy) is 2. The first-order chi connectivity index (χ1) is 15.8. The van der Waals surface area contributed by atoms with Crippen molar-refractivity contribution in [3.63, 3.8) is 0 Å². The summed E-state index contributed by atoms with van der Waals surface area (Å²) in [5, 5.41) is 2.60. The van der Waals surface area contributed by atoms with Crippen molar-refractivity contribution in [3.05, 3.63) is 90.0 Å². The van der Waals surface area contributed by atoms with Crippen LogP contribution in [0.25, 0.3) is 0 Å². The zero-order chi connectivity index (χ0) is 23.7. The van der Waals surface area contributed by atoms with Crippen LogP contribution in [0.2, 0.25) is 0 Å². The number of nitrogens with one attached hydrogen (secondary N) is 2. The standard InChI is InChI=1S/C24H24N2O6S/c1-18-6-5-9-21(16-18)31-15-14-25-23(27)17-32-24(28)19-10-12-22(13-11-19)33(29,30)26-20-7-3-2-4-8-20/h2-13,16,26H,14-15,17H2,1H3,(H,25,27). The average molecular weight is 469 g/mol. The molecule has 2 N–H and O–H groups in total. The fourth-order valence-electron chi connectivity index (χ4n) is 2.82. The largest absolute Gasteiger partial charge is 0.492 e. The minimum atomic E-state index is -3.80. The van der Waals surface area contributed by atoms with E-state index in [1.165, 1.54) is 24.3 Å². The van der Waals surface area contributed by atoms with E-state index in [0.717, 1.165) is 5.56 Å². The number of carbonyl (C=O) groups is 2. The normalized spacial score (nSPS) is 10.8. The molecule has 0 spiro atoms. The van der Waals surface area contributed by atoms with Gasteiger partial charge in [0.15, 0.2) is 6.61 Å². The highest BCUT2D eigenvalue weighted by Crippen LogP contribution is 2.17. The molecule has 1 amide bonds. The van der Waals surface area contributed by atoms with E-state index < -0.39 is 28.5 Å². The monoisotopic (exact) mass is 468 g/mol. The molecule has 0 aliphatic heterocycles. The molecule has 0 aromatic heterocycles. The number of anilines is 1. The quantitative estimate of drug-likeness (QED) is 0.349. The summed E-state index contributed by atoms with van der Waals surface area (Å²) in [6.45, 7) is 2.03. The molecule has 33 heavy (non-hydrogen) atoms. The molecule has 0 fully saturated rings. The van der Waals surface area contributed by atoms with Crippen LogP contribution in [0.4, 0.5) is 5.69 Å². The summed E-state index contributed by atoms with van der Waals surface area (Å²) in [4.78, 5) is 24.0. The van der Waals surface area contributed by atoms with E-state index in [4.69, 9.17) is 9.47 Å². The van der Waals surface area contributed by atoms with Gasteiger partial charge in [-0.3, -0.25) is 9.52 Å². The van der Waals surface area contributed by atoms with Crippen molar-refractivity contribution in [2.24, 2.45) is 0 Å². The molecule has 3 rings (SSSR count). The van der Waals surface area contributed by atoms with Crippen molar-refractivity contribution in [2.75, 3.05) is 24.5 Å². The van der Waals surface area contributed by atoms with E-state index >= 15 is 0 Å². The predicted octanol–water partition coefficient (Wildman–Crippen LogP) is 3.15. The highest BCUT2D eigenvalue weighted by molar-refractivity contribution is 7.92. The summed E-state index contributed by atoms with van der Waals surface area (Å²) in [6, 6.07) is 21.3. The van der Waals surface area contributed by atoms with Crippen LogP contribution in [0.15, 0.2) is 83.8 Å². The number of rotatable bonds is 10. The van der Waals surface area contributed by atoms with Crippen molar-refractivity contribution >= 4 is 27.6 Å². The van der Waals surface area contributed by atoms with Gasteiger partial charge < -0.3 is 14.8 Å². The molecule has 0 radical (unpaired) electrons. The molecule has 0 atom stereocenters. The first-order valence-electron chi connectivity index (χ1n) is 10.1. The van der Waals surface area contributed by atoms with E-state index in [2.05, 4.69) is 10.0 Å². The lowest BCUT2D eigenvalue weighted by molar-refractivity contribution is -0.124. The maximum absolute atomic E-state index is 12.4. The van der Waals surface area contributed by atoms with Crippen LogP contribution in [0, 0.1) is 6.92 Å². The molecule has 0 aliphatic carbocycles. The predicted molar refractivity (Wildman–Crippen MR) is 124 cm³/mol. The summed E-state index contributed by atoms with van der Waals surface area (Å²) >= 11 is 0. The lowest BCUT2D eigenvalue weighted by Gasteiger charge is -2.10. The number of hydrogen-bond acceptors (Lipinski definition) is 6. The van der Waals surface area contributed by atoms with E-state index in [-0.39, 0.29) is 23.6 Å². The van der Waals surface area contributed by atoms with Gasteiger partial charge in [-0.15, -0.1) is 0 Å². The van der Waals surface area contributed by atoms with Crippen LogP contribution in [-0.4, -0.2) is 40.1 Å². The molecule has 8 nitrogen and oxygen atoms in total. The number of para-hydroxylation sites is 1. The third-order valence-corrected chi connectivity index (χ3v) is 5.84. The summed E-state index contributed by atoms with van der Waals surface area (Å²) in [6.07, 6.45) is 0. The molecule has 0 saturated heterocycles. The van der Waals surface area contributed by atoms with Gasteiger partial charge in [0.05, 0.1) is 17.0 Å². The van der Waals surface area contributed by atoms with Gasteiger partial charge >= 0.3 is 5.97 Å². The maximum atomic E-state index is 12.4. The molecule has 0 unspecified atom stereocenters. The Morgan fingerprint density at radius 2 is 1.64 bits per heavy atom. The minimum Gasteiger partial charge on any atom is -0.492 e. The minimum absolute atomic E-state index is 0.00532. The average Bonchev–Trinajstić information content (AvgIpc) is 2.81. The third kappa shape index (κ3) is 7.36. The topological polar surface area (TPSA) is 111 Å². The van der Waals surface area contributed by atoms with E-state index in [0.29, 0.717) is 11.4 Å². The molecule has 3 aromatic carbocycles. The molecule has 172 valence electrons. The summed E-state index contributed by atoms with van der Waals surface area (Å²) in [7, 11) is -3.80. The van der Waals surface area contributed by atoms with Crippen molar-refractivity contribution in [1.29, 1.82) is 0 Å². The lowest BCUT2D eigenvalue weighted by atomic mass is 10.2. The Balaban J connectivity index is 1.43. The first-order valence-corrected chi connectivity index (χ1v) is 11.6. The molecule has 3 aromatic rings. The first kappa shape index (κ1) is 23.8. The second kappa shape index (κ2) is 11.1. The zero-order valence-corrected chi connectivity index (χ0v) is 18.8. The number of benzene rings is 3. The van der Waals surface area contributed by atoms with Crippen LogP contribution in [0.1, 0.15) is 15.9 Å². The van der Waals surface area contributed by atoms with Crippen LogP contribution in [0.5, 0.6) is 5.75 Å². The van der Waals surface area contributed by atoms with Crippen LogP contribution >= 0.6 is 0 Å². The van der Waals surface area contributed by atoms with Gasteiger partial charge in [-0.25, -0.2) is 13.2 Å². The highest BCUT2D eigenvalue weighted by atomic mass is 32.2. The van der Waals surface area contributed by atoms with Gasteiger partial charge in [0.2, 0.25) is 0 Å². The number of amides is 1. The Morgan fingerprint density at radius 1 is 0.909 bits per heavy atom. The van der Waals surface area contributed by atoms with Gasteiger partial charge in [0, 0.05) is 5.69 Å². The van der Waals surface area contributed by atoms with Gasteiger partial charge in [0.25, 0.3) is 15.9 Å². The lowest BCUT2D eigenvalue weighted by Crippen LogP contribution is -2.32. The second-order valence-corrected chi connectivity index (χ2v) is 8.77. The number of aryl methyl sites for hydroxylation is 1. The van der Waals surface area contributed by atoms with Crippen molar-refractivity contribution in [1.82, 2.24) is 5.32 Å². The molecular formula is C24H24N2O6S. The Kier molecular flexibility index (Phi) is 8.04. The van der Waals surface area contributed by atoms with E-state index in [1.54, 1.807) is 30.3 Å². The van der Waals surface area contributed by atoms with Gasteiger partial charge in [-0.2, -0.15) is 0 Å². The third-order valence-electron chi connectivity index (χ3n) is 4.44. The zero-order valence-electron chi connectivity index (χ0n) is 18.0. The molecule has 0 aliphatic rings. The fourth-order valence-corrected chi connectivity index (χ4v) is 3.88. The Morgan fingerprint density at radius 3 is 2.33 bits per heavy atom. The van der Waals surface area contributed by atoms with Gasteiger partial charge in [-0.1, -0.05) is 30.3 Å². The smallest absolute Gasteiger partial charge is 0.338 e. The fraction of sp³-hybridized carbons (Fsp3) is 0.167. The summed E-state index contributed by atoms with van der Waals surface area (Å²) in [5.41, 5.74) is 1.63. The van der Waals surface area contributed by atoms with E-state index in [9.17, 15) is 18.0 Å². The Hall–Kier alpha value is -3.85. The second-order valence-electron chi connectivity index (χ2n) is 7.09. The Labute approximate surface area is 192 Å².